The zero-order chi connectivity index (χ0) is 33.4. The monoisotopic (exact) mass is 639 g/mol. The Labute approximate surface area is 274 Å². The van der Waals surface area contributed by atoms with Gasteiger partial charge in [-0.25, -0.2) is 0 Å². The summed E-state index contributed by atoms with van der Waals surface area (Å²) in [5.74, 6) is -2.15. The molecule has 4 aliphatic heterocycles. The molecule has 5 rings (SSSR count). The van der Waals surface area contributed by atoms with E-state index in [9.17, 15) is 15.0 Å². The molecule has 0 radical (unpaired) electrons. The van der Waals surface area contributed by atoms with Crippen molar-refractivity contribution in [2.24, 2.45) is 28.8 Å². The van der Waals surface area contributed by atoms with Crippen molar-refractivity contribution in [1.82, 2.24) is 0 Å². The van der Waals surface area contributed by atoms with E-state index in [4.69, 9.17) is 23.8 Å². The topological polar surface area (TPSA) is 116 Å². The van der Waals surface area contributed by atoms with Gasteiger partial charge >= 0.3 is 5.97 Å². The van der Waals surface area contributed by atoms with Crippen LogP contribution in [0, 0.1) is 23.7 Å². The van der Waals surface area contributed by atoms with Crippen LogP contribution < -0.4 is 0 Å². The summed E-state index contributed by atoms with van der Waals surface area (Å²) < 4.78 is 26.0. The zero-order valence-corrected chi connectivity index (χ0v) is 28.7. The average Bonchev–Trinajstić information content (AvgIpc) is 3.31. The van der Waals surface area contributed by atoms with E-state index < -0.39 is 41.6 Å². The zero-order valence-electron chi connectivity index (χ0n) is 28.7. The molecular weight excluding hydrogens is 586 g/mol. The van der Waals surface area contributed by atoms with Gasteiger partial charge in [-0.15, -0.1) is 0 Å². The lowest BCUT2D eigenvalue weighted by Crippen LogP contribution is -2.59. The number of esters is 1. The number of fused-ring (bicyclic) bond motifs is 2. The summed E-state index contributed by atoms with van der Waals surface area (Å²) in [6.07, 6.45) is 11.4. The van der Waals surface area contributed by atoms with E-state index in [-0.39, 0.29) is 30.7 Å². The quantitative estimate of drug-likeness (QED) is 0.229. The van der Waals surface area contributed by atoms with Crippen molar-refractivity contribution in [2.75, 3.05) is 13.7 Å². The first-order valence-electron chi connectivity index (χ1n) is 16.8. The minimum absolute atomic E-state index is 0.0340. The van der Waals surface area contributed by atoms with Gasteiger partial charge in [-0.05, 0) is 62.2 Å². The minimum Gasteiger partial charge on any atom is -0.462 e. The first kappa shape index (κ1) is 34.8. The van der Waals surface area contributed by atoms with E-state index in [0.29, 0.717) is 42.7 Å². The van der Waals surface area contributed by atoms with Crippen LogP contribution in [0.3, 0.4) is 0 Å². The van der Waals surface area contributed by atoms with Gasteiger partial charge in [0.15, 0.2) is 5.79 Å². The van der Waals surface area contributed by atoms with Crippen LogP contribution in [0.5, 0.6) is 0 Å². The fourth-order valence-electron chi connectivity index (χ4n) is 7.94. The number of allylic oxidation sites excluding steroid dienone is 5. The Morgan fingerprint density at radius 3 is 2.67 bits per heavy atom. The predicted octanol–water partition coefficient (Wildman–Crippen LogP) is 5.73. The third kappa shape index (κ3) is 6.99. The molecule has 1 spiro atoms. The molecule has 0 aromatic carbocycles. The normalized spacial score (nSPS) is 44.5. The lowest BCUT2D eigenvalue weighted by Gasteiger charge is -2.50. The molecule has 0 aromatic heterocycles. The van der Waals surface area contributed by atoms with Gasteiger partial charge in [0.05, 0.1) is 24.5 Å². The predicted molar refractivity (Wildman–Crippen MR) is 176 cm³/mol. The Morgan fingerprint density at radius 1 is 1.20 bits per heavy atom. The highest BCUT2D eigenvalue weighted by Crippen LogP contribution is 2.47. The van der Waals surface area contributed by atoms with Crippen molar-refractivity contribution in [3.05, 3.63) is 58.7 Å². The van der Waals surface area contributed by atoms with Crippen molar-refractivity contribution >= 4 is 11.7 Å². The molecule has 10 atom stereocenters. The highest BCUT2D eigenvalue weighted by Gasteiger charge is 2.60. The van der Waals surface area contributed by atoms with E-state index >= 15 is 0 Å². The van der Waals surface area contributed by atoms with E-state index in [1.165, 1.54) is 5.57 Å². The number of hydrogen-bond donors (Lipinski definition) is 2. The minimum atomic E-state index is -1.74. The number of carbonyl (C=O) groups is 1. The van der Waals surface area contributed by atoms with Crippen molar-refractivity contribution in [3.63, 3.8) is 0 Å². The van der Waals surface area contributed by atoms with Crippen LogP contribution in [0.25, 0.3) is 0 Å². The summed E-state index contributed by atoms with van der Waals surface area (Å²) in [6, 6.07) is 0. The molecule has 2 N–H and O–H groups in total. The van der Waals surface area contributed by atoms with Crippen LogP contribution >= 0.6 is 0 Å². The van der Waals surface area contributed by atoms with E-state index in [0.717, 1.165) is 17.7 Å². The van der Waals surface area contributed by atoms with E-state index in [2.05, 4.69) is 64.9 Å². The summed E-state index contributed by atoms with van der Waals surface area (Å²) >= 11 is 0. The SMILES string of the molecule is CO/N=C1\CC2(CC3CC(C/C=C(\C)CC(C)/C=C/C=C4\COC5C(O)C(C)=C[C@@H](C(=O)O3)C45O)O2)O[C@H](/C(C)=C/C(C)C)C1C. The summed E-state index contributed by atoms with van der Waals surface area (Å²) in [7, 11) is 1.55. The van der Waals surface area contributed by atoms with Gasteiger partial charge in [0.1, 0.15) is 36.9 Å². The summed E-state index contributed by atoms with van der Waals surface area (Å²) in [6.45, 7) is 14.6. The van der Waals surface area contributed by atoms with E-state index in [1.54, 1.807) is 20.1 Å². The number of hydrogen-bond acceptors (Lipinski definition) is 9. The maximum Gasteiger partial charge on any atom is 0.316 e. The molecule has 46 heavy (non-hydrogen) atoms. The number of carbonyl (C=O) groups excluding carboxylic acids is 1. The van der Waals surface area contributed by atoms with Crippen LogP contribution in [-0.4, -0.2) is 77.5 Å². The molecule has 0 amide bonds. The van der Waals surface area contributed by atoms with Crippen molar-refractivity contribution < 1.29 is 38.8 Å². The van der Waals surface area contributed by atoms with Crippen molar-refractivity contribution in [2.45, 2.75) is 122 Å². The summed E-state index contributed by atoms with van der Waals surface area (Å²) in [5.41, 5.74) is 2.54. The number of ether oxygens (including phenoxy) is 4. The smallest absolute Gasteiger partial charge is 0.316 e. The number of aliphatic hydroxyl groups excluding tert-OH is 1. The third-order valence-corrected chi connectivity index (χ3v) is 10.1. The van der Waals surface area contributed by atoms with E-state index in [1.807, 2.05) is 12.2 Å². The average molecular weight is 640 g/mol. The molecule has 9 nitrogen and oxygen atoms in total. The Hall–Kier alpha value is -2.56. The Balaban J connectivity index is 1.55. The molecule has 9 heteroatoms. The molecule has 1 aliphatic carbocycles. The fourth-order valence-corrected chi connectivity index (χ4v) is 7.94. The maximum atomic E-state index is 14.2. The second-order valence-corrected chi connectivity index (χ2v) is 14.5. The number of rotatable bonds is 3. The number of oxime groups is 1. The Kier molecular flexibility index (Phi) is 10.5. The second-order valence-electron chi connectivity index (χ2n) is 14.5. The Bertz CT molecular complexity index is 1340. The van der Waals surface area contributed by atoms with Gasteiger partial charge in [0.25, 0.3) is 0 Å². The second kappa shape index (κ2) is 13.9. The maximum absolute atomic E-state index is 14.2. The summed E-state index contributed by atoms with van der Waals surface area (Å²) in [4.78, 5) is 19.4. The van der Waals surface area contributed by atoms with Gasteiger partial charge in [-0.1, -0.05) is 74.9 Å². The molecule has 5 aliphatic rings. The lowest BCUT2D eigenvalue weighted by molar-refractivity contribution is -0.313. The first-order chi connectivity index (χ1) is 21.8. The molecule has 254 valence electrons. The van der Waals surface area contributed by atoms with Gasteiger partial charge in [0.2, 0.25) is 0 Å². The van der Waals surface area contributed by atoms with Crippen LogP contribution in [0.15, 0.2) is 63.9 Å². The number of nitrogens with zero attached hydrogens (tertiary/aromatic N) is 1. The van der Waals surface area contributed by atoms with Gasteiger partial charge in [-0.2, -0.15) is 0 Å². The van der Waals surface area contributed by atoms with Crippen LogP contribution in [0.1, 0.15) is 80.6 Å². The van der Waals surface area contributed by atoms with Gasteiger partial charge < -0.3 is 34.0 Å². The molecular formula is C37H53NO8. The summed E-state index contributed by atoms with van der Waals surface area (Å²) in [5, 5.41) is 27.6. The molecule has 0 aromatic rings. The Morgan fingerprint density at radius 2 is 1.96 bits per heavy atom. The van der Waals surface area contributed by atoms with Crippen LogP contribution in [-0.2, 0) is 28.6 Å². The van der Waals surface area contributed by atoms with Crippen LogP contribution in [0.4, 0.5) is 0 Å². The first-order valence-corrected chi connectivity index (χ1v) is 16.8. The molecule has 3 saturated heterocycles. The molecule has 3 fully saturated rings. The standard InChI is InChI=1S/C37H53NO8/c1-21(2)14-25(6)33-26(7)31(38-42-8)19-36(46-33)18-29-17-28(45-36)13-12-23(4)15-22(3)10-9-11-27-20-43-34-32(39)24(5)16-30(35(40)44-29)37(27,34)41/h9-12,14,16,21-22,26,28-30,32-34,39,41H,13,15,17-20H2,1-8H3/b10-9+,23-12+,25-14+,27-11+,38-31+/t22?,26?,28?,29?,30-,32?,33+,34?,36?,37?/m0/s1. The molecule has 8 unspecified atom stereocenters. The molecule has 2 bridgehead atoms. The number of aliphatic hydroxyl groups is 2. The van der Waals surface area contributed by atoms with Crippen molar-refractivity contribution in [1.29, 1.82) is 0 Å². The highest BCUT2D eigenvalue weighted by molar-refractivity contribution is 5.88. The van der Waals surface area contributed by atoms with Crippen LogP contribution in [0.2, 0.25) is 0 Å². The molecule has 0 saturated carbocycles. The van der Waals surface area contributed by atoms with Gasteiger partial charge in [0, 0.05) is 25.2 Å². The third-order valence-electron chi connectivity index (χ3n) is 10.1. The highest BCUT2D eigenvalue weighted by atomic mass is 16.7. The lowest BCUT2D eigenvalue weighted by atomic mass is 9.71. The largest absolute Gasteiger partial charge is 0.462 e. The van der Waals surface area contributed by atoms with Gasteiger partial charge in [-0.3, -0.25) is 4.79 Å². The van der Waals surface area contributed by atoms with Crippen molar-refractivity contribution in [3.8, 4) is 0 Å². The molecule has 4 heterocycles. The fraction of sp³-hybridized carbons (Fsp3) is 0.676.